The third-order valence-electron chi connectivity index (χ3n) is 5.04. The molecule has 0 amide bonds. The monoisotopic (exact) mass is 528 g/mol. The SMILES string of the molecule is C=COC(C)(C)COCC(COCC(C)(C)OC=C)(COCC(C)(C)OC=C)COCC(C)(C)OC=C. The van der Waals surface area contributed by atoms with Gasteiger partial charge in [0.2, 0.25) is 0 Å². The molecule has 37 heavy (non-hydrogen) atoms. The fraction of sp³-hybridized carbons (Fsp3) is 0.724. The van der Waals surface area contributed by atoms with Crippen LogP contribution in [0.1, 0.15) is 55.4 Å². The van der Waals surface area contributed by atoms with Gasteiger partial charge in [0.25, 0.3) is 0 Å². The summed E-state index contributed by atoms with van der Waals surface area (Å²) in [6.45, 7) is 32.5. The van der Waals surface area contributed by atoms with Gasteiger partial charge in [0.15, 0.2) is 0 Å². The van der Waals surface area contributed by atoms with Crippen molar-refractivity contribution in [3.63, 3.8) is 0 Å². The average molecular weight is 529 g/mol. The first-order chi connectivity index (χ1) is 17.1. The van der Waals surface area contributed by atoms with Crippen LogP contribution < -0.4 is 0 Å². The molecule has 0 saturated carbocycles. The van der Waals surface area contributed by atoms with Gasteiger partial charge in [-0.15, -0.1) is 0 Å². The molecule has 0 saturated heterocycles. The van der Waals surface area contributed by atoms with Crippen LogP contribution in [0.5, 0.6) is 0 Å². The minimum Gasteiger partial charge on any atom is -0.494 e. The molecule has 8 heteroatoms. The lowest BCUT2D eigenvalue weighted by Gasteiger charge is -2.37. The Balaban J connectivity index is 5.73. The molecule has 0 aromatic carbocycles. The van der Waals surface area contributed by atoms with Gasteiger partial charge in [0.05, 0.1) is 83.3 Å². The van der Waals surface area contributed by atoms with Gasteiger partial charge in [-0.1, -0.05) is 26.3 Å². The Morgan fingerprint density at radius 2 is 0.568 bits per heavy atom. The summed E-state index contributed by atoms with van der Waals surface area (Å²) < 4.78 is 46.9. The Hall–Kier alpha value is -2.00. The summed E-state index contributed by atoms with van der Waals surface area (Å²) in [5.74, 6) is 0. The molecule has 0 aromatic rings. The first-order valence-electron chi connectivity index (χ1n) is 12.5. The summed E-state index contributed by atoms with van der Waals surface area (Å²) >= 11 is 0. The Bertz CT molecular complexity index is 564. The van der Waals surface area contributed by atoms with E-state index in [0.29, 0.717) is 52.9 Å². The van der Waals surface area contributed by atoms with Crippen molar-refractivity contribution in [1.29, 1.82) is 0 Å². The standard InChI is InChI=1S/C29H52O8/c1-13-34-25(5,6)17-30-21-29(22-31-18-26(7,8)35-14-2,23-32-19-27(9,10)36-15-3)24-33-20-28(11,12)37-16-4/h13-16H,1-4,17-24H2,5-12H3. The number of hydrogen-bond donors (Lipinski definition) is 0. The fourth-order valence-corrected chi connectivity index (χ4v) is 3.34. The summed E-state index contributed by atoms with van der Waals surface area (Å²) in [4.78, 5) is 0. The van der Waals surface area contributed by atoms with Crippen LogP contribution in [0.15, 0.2) is 51.4 Å². The van der Waals surface area contributed by atoms with Crippen molar-refractivity contribution in [3.05, 3.63) is 51.4 Å². The average Bonchev–Trinajstić information content (AvgIpc) is 2.72. The molecule has 0 spiro atoms. The zero-order chi connectivity index (χ0) is 28.6. The highest BCUT2D eigenvalue weighted by Gasteiger charge is 2.36. The van der Waals surface area contributed by atoms with Crippen LogP contribution in [0.3, 0.4) is 0 Å². The topological polar surface area (TPSA) is 73.8 Å². The molecule has 0 aliphatic rings. The van der Waals surface area contributed by atoms with E-state index in [2.05, 4.69) is 26.3 Å². The van der Waals surface area contributed by atoms with E-state index in [1.807, 2.05) is 55.4 Å². The molecule has 0 aromatic heterocycles. The number of hydrogen-bond acceptors (Lipinski definition) is 8. The largest absolute Gasteiger partial charge is 0.494 e. The lowest BCUT2D eigenvalue weighted by molar-refractivity contribution is -0.153. The molecule has 8 nitrogen and oxygen atoms in total. The van der Waals surface area contributed by atoms with Crippen molar-refractivity contribution < 1.29 is 37.9 Å². The minimum absolute atomic E-state index is 0.297. The van der Waals surface area contributed by atoms with E-state index in [-0.39, 0.29) is 0 Å². The van der Waals surface area contributed by atoms with Crippen LogP contribution in [-0.4, -0.2) is 75.3 Å². The van der Waals surface area contributed by atoms with E-state index in [9.17, 15) is 0 Å². The second kappa shape index (κ2) is 16.1. The summed E-state index contributed by atoms with van der Waals surface area (Å²) in [5.41, 5.74) is -2.83. The Kier molecular flexibility index (Phi) is 15.2. The molecule has 0 fully saturated rings. The van der Waals surface area contributed by atoms with Crippen molar-refractivity contribution >= 4 is 0 Å². The van der Waals surface area contributed by atoms with Gasteiger partial charge in [-0.2, -0.15) is 0 Å². The van der Waals surface area contributed by atoms with Crippen molar-refractivity contribution in [2.24, 2.45) is 5.41 Å². The van der Waals surface area contributed by atoms with E-state index in [1.165, 1.54) is 25.0 Å². The van der Waals surface area contributed by atoms with Gasteiger partial charge in [-0.05, 0) is 55.4 Å². The third kappa shape index (κ3) is 16.5. The Labute approximate surface area is 225 Å². The molecule has 216 valence electrons. The van der Waals surface area contributed by atoms with Crippen LogP contribution >= 0.6 is 0 Å². The molecule has 0 unspecified atom stereocenters. The lowest BCUT2D eigenvalue weighted by atomic mass is 9.91. The van der Waals surface area contributed by atoms with Gasteiger partial charge in [-0.25, -0.2) is 0 Å². The zero-order valence-corrected chi connectivity index (χ0v) is 24.6. The van der Waals surface area contributed by atoms with Crippen LogP contribution in [-0.2, 0) is 37.9 Å². The van der Waals surface area contributed by atoms with E-state index in [1.54, 1.807) is 0 Å². The van der Waals surface area contributed by atoms with Gasteiger partial charge in [0.1, 0.15) is 22.4 Å². The van der Waals surface area contributed by atoms with Crippen molar-refractivity contribution in [2.45, 2.75) is 77.8 Å². The first-order valence-corrected chi connectivity index (χ1v) is 12.5. The smallest absolute Gasteiger partial charge is 0.126 e. The van der Waals surface area contributed by atoms with Crippen LogP contribution in [0, 0.1) is 5.41 Å². The molecule has 0 bridgehead atoms. The molecule has 0 rings (SSSR count). The van der Waals surface area contributed by atoms with E-state index >= 15 is 0 Å². The van der Waals surface area contributed by atoms with Crippen LogP contribution in [0.25, 0.3) is 0 Å². The second-order valence-corrected chi connectivity index (χ2v) is 11.6. The maximum Gasteiger partial charge on any atom is 0.126 e. The molecule has 0 radical (unpaired) electrons. The number of ether oxygens (including phenoxy) is 8. The normalized spacial score (nSPS) is 13.0. The maximum atomic E-state index is 6.15. The van der Waals surface area contributed by atoms with Gasteiger partial charge < -0.3 is 37.9 Å². The third-order valence-corrected chi connectivity index (χ3v) is 5.04. The highest BCUT2D eigenvalue weighted by Crippen LogP contribution is 2.25. The summed E-state index contributed by atoms with van der Waals surface area (Å²) in [6.07, 6.45) is 5.65. The highest BCUT2D eigenvalue weighted by atomic mass is 16.6. The summed E-state index contributed by atoms with van der Waals surface area (Å²) in [5, 5.41) is 0. The molecule has 0 aliphatic heterocycles. The molecular formula is C29H52O8. The Morgan fingerprint density at radius 3 is 0.730 bits per heavy atom. The zero-order valence-electron chi connectivity index (χ0n) is 24.6. The maximum absolute atomic E-state index is 6.15. The minimum atomic E-state index is -0.650. The highest BCUT2D eigenvalue weighted by molar-refractivity contribution is 4.84. The van der Waals surface area contributed by atoms with E-state index < -0.39 is 27.8 Å². The van der Waals surface area contributed by atoms with Crippen LogP contribution in [0.2, 0.25) is 0 Å². The predicted octanol–water partition coefficient (Wildman–Crippen LogP) is 5.79. The second-order valence-electron chi connectivity index (χ2n) is 11.6. The van der Waals surface area contributed by atoms with E-state index in [0.717, 1.165) is 0 Å². The van der Waals surface area contributed by atoms with Crippen molar-refractivity contribution in [2.75, 3.05) is 52.9 Å². The summed E-state index contributed by atoms with van der Waals surface area (Å²) in [6, 6.07) is 0. The quantitative estimate of drug-likeness (QED) is 0.146. The molecular weight excluding hydrogens is 476 g/mol. The first kappa shape index (κ1) is 35.0. The van der Waals surface area contributed by atoms with Gasteiger partial charge in [0, 0.05) is 0 Å². The van der Waals surface area contributed by atoms with Gasteiger partial charge >= 0.3 is 0 Å². The predicted molar refractivity (Wildman–Crippen MR) is 147 cm³/mol. The van der Waals surface area contributed by atoms with Crippen LogP contribution in [0.4, 0.5) is 0 Å². The van der Waals surface area contributed by atoms with Gasteiger partial charge in [-0.3, -0.25) is 0 Å². The lowest BCUT2D eigenvalue weighted by Crippen LogP contribution is -2.46. The molecule has 0 atom stereocenters. The summed E-state index contributed by atoms with van der Waals surface area (Å²) in [7, 11) is 0. The fourth-order valence-electron chi connectivity index (χ4n) is 3.34. The molecule has 0 heterocycles. The van der Waals surface area contributed by atoms with E-state index in [4.69, 9.17) is 37.9 Å². The van der Waals surface area contributed by atoms with Crippen molar-refractivity contribution in [3.8, 4) is 0 Å². The molecule has 0 aliphatic carbocycles. The van der Waals surface area contributed by atoms with Crippen molar-refractivity contribution in [1.82, 2.24) is 0 Å². The number of rotatable bonds is 24. The Morgan fingerprint density at radius 1 is 0.378 bits per heavy atom. The molecule has 0 N–H and O–H groups in total.